The van der Waals surface area contributed by atoms with Crippen LogP contribution in [0.15, 0.2) is 50.4 Å². The van der Waals surface area contributed by atoms with Crippen LogP contribution in [0.2, 0.25) is 0 Å². The maximum absolute atomic E-state index is 13.0. The number of hydrogen-bond donors (Lipinski definition) is 0. The van der Waals surface area contributed by atoms with Gasteiger partial charge in [0.1, 0.15) is 0 Å². The second-order valence-electron chi connectivity index (χ2n) is 4.99. The molecule has 3 rings (SSSR count). The molecule has 112 valence electrons. The summed E-state index contributed by atoms with van der Waals surface area (Å²) in [5.74, 6) is 0. The van der Waals surface area contributed by atoms with Crippen molar-refractivity contribution in [1.29, 1.82) is 0 Å². The second-order valence-corrected chi connectivity index (χ2v) is 8.62. The summed E-state index contributed by atoms with van der Waals surface area (Å²) in [7, 11) is -3.54. The van der Waals surface area contributed by atoms with Crippen molar-refractivity contribution in [2.45, 2.75) is 24.4 Å². The third-order valence-electron chi connectivity index (χ3n) is 3.77. The first kappa shape index (κ1) is 15.3. The quantitative estimate of drug-likeness (QED) is 0.723. The molecule has 0 saturated carbocycles. The summed E-state index contributed by atoms with van der Waals surface area (Å²) in [6.07, 6.45) is 1.99. The van der Waals surface area contributed by atoms with Crippen LogP contribution in [0, 0.1) is 0 Å². The molecular formula is C14H14Br2N2O2S. The minimum Gasteiger partial charge on any atom is -0.349 e. The van der Waals surface area contributed by atoms with Gasteiger partial charge in [-0.3, -0.25) is 0 Å². The second kappa shape index (κ2) is 5.53. The van der Waals surface area contributed by atoms with Gasteiger partial charge in [-0.05, 0) is 53.2 Å². The lowest BCUT2D eigenvalue weighted by atomic mass is 10.2. The molecule has 2 aromatic rings. The van der Waals surface area contributed by atoms with Crippen molar-refractivity contribution in [2.24, 2.45) is 0 Å². The van der Waals surface area contributed by atoms with E-state index in [1.54, 1.807) is 16.4 Å². The van der Waals surface area contributed by atoms with Gasteiger partial charge in [-0.2, -0.15) is 4.31 Å². The summed E-state index contributed by atoms with van der Waals surface area (Å²) >= 11 is 6.68. The Hall–Kier alpha value is -0.630. The molecule has 0 N–H and O–H groups in total. The van der Waals surface area contributed by atoms with Crippen LogP contribution in [0.1, 0.15) is 18.7 Å². The van der Waals surface area contributed by atoms with Crippen LogP contribution < -0.4 is 0 Å². The molecule has 4 nitrogen and oxygen atoms in total. The van der Waals surface area contributed by atoms with Gasteiger partial charge in [0, 0.05) is 33.9 Å². The Labute approximate surface area is 141 Å². The molecule has 21 heavy (non-hydrogen) atoms. The molecule has 0 bridgehead atoms. The van der Waals surface area contributed by atoms with Crippen molar-refractivity contribution in [1.82, 2.24) is 8.87 Å². The molecule has 1 aromatic heterocycles. The van der Waals surface area contributed by atoms with Gasteiger partial charge in [-0.1, -0.05) is 15.9 Å². The van der Waals surface area contributed by atoms with Gasteiger partial charge in [0.2, 0.25) is 10.0 Å². The van der Waals surface area contributed by atoms with Crippen molar-refractivity contribution in [2.75, 3.05) is 6.54 Å². The van der Waals surface area contributed by atoms with E-state index < -0.39 is 10.0 Å². The minimum absolute atomic E-state index is 0.176. The van der Waals surface area contributed by atoms with Crippen LogP contribution in [0.25, 0.3) is 0 Å². The van der Waals surface area contributed by atoms with E-state index in [-0.39, 0.29) is 6.04 Å². The smallest absolute Gasteiger partial charge is 0.244 e. The molecule has 1 aromatic carbocycles. The lowest BCUT2D eigenvalue weighted by Crippen LogP contribution is -2.40. The normalized spacial score (nSPS) is 19.5. The van der Waals surface area contributed by atoms with Crippen LogP contribution in [0.3, 0.4) is 0 Å². The topological polar surface area (TPSA) is 42.3 Å². The van der Waals surface area contributed by atoms with Crippen molar-refractivity contribution in [3.8, 4) is 0 Å². The molecule has 0 saturated heterocycles. The third-order valence-corrected chi connectivity index (χ3v) is 7.22. The number of hydrogen-bond acceptors (Lipinski definition) is 2. The van der Waals surface area contributed by atoms with Crippen LogP contribution >= 0.6 is 31.9 Å². The summed E-state index contributed by atoms with van der Waals surface area (Å²) in [5, 5.41) is 0. The van der Waals surface area contributed by atoms with Gasteiger partial charge in [0.15, 0.2) is 0 Å². The van der Waals surface area contributed by atoms with Gasteiger partial charge in [-0.15, -0.1) is 0 Å². The minimum atomic E-state index is -3.54. The lowest BCUT2D eigenvalue weighted by Gasteiger charge is -2.34. The van der Waals surface area contributed by atoms with E-state index in [4.69, 9.17) is 0 Å². The van der Waals surface area contributed by atoms with Crippen LogP contribution in [-0.2, 0) is 16.6 Å². The maximum Gasteiger partial charge on any atom is 0.244 e. The zero-order valence-corrected chi connectivity index (χ0v) is 15.3. The largest absolute Gasteiger partial charge is 0.349 e. The standard InChI is InChI=1S/C14H14Br2N2O2S/c1-10-13-3-2-6-17(13)7-8-18(10)21(19,20)14-9-11(15)4-5-12(14)16/h2-6,9-10H,7-8H2,1H3. The van der Waals surface area contributed by atoms with Crippen molar-refractivity contribution in [3.05, 3.63) is 51.2 Å². The van der Waals surface area contributed by atoms with E-state index in [9.17, 15) is 8.42 Å². The van der Waals surface area contributed by atoms with Crippen molar-refractivity contribution < 1.29 is 8.42 Å². The summed E-state index contributed by atoms with van der Waals surface area (Å²) < 4.78 is 30.9. The van der Waals surface area contributed by atoms with E-state index in [0.717, 1.165) is 10.2 Å². The van der Waals surface area contributed by atoms with E-state index in [1.807, 2.05) is 31.3 Å². The average Bonchev–Trinajstić information content (AvgIpc) is 2.91. The first-order valence-electron chi connectivity index (χ1n) is 6.53. The van der Waals surface area contributed by atoms with Gasteiger partial charge in [0.25, 0.3) is 0 Å². The number of halogens is 2. The molecule has 0 aliphatic carbocycles. The third kappa shape index (κ3) is 2.60. The zero-order chi connectivity index (χ0) is 15.2. The molecule has 1 aliphatic heterocycles. The molecule has 0 radical (unpaired) electrons. The number of aromatic nitrogens is 1. The highest BCUT2D eigenvalue weighted by atomic mass is 79.9. The summed E-state index contributed by atoms with van der Waals surface area (Å²) in [4.78, 5) is 0.295. The fraction of sp³-hybridized carbons (Fsp3) is 0.286. The van der Waals surface area contributed by atoms with E-state index in [2.05, 4.69) is 36.4 Å². The van der Waals surface area contributed by atoms with E-state index in [0.29, 0.717) is 22.5 Å². The Morgan fingerprint density at radius 3 is 2.71 bits per heavy atom. The Kier molecular flexibility index (Phi) is 4.02. The first-order valence-corrected chi connectivity index (χ1v) is 9.56. The number of benzene rings is 1. The van der Waals surface area contributed by atoms with Crippen molar-refractivity contribution >= 4 is 41.9 Å². The predicted octanol–water partition coefficient (Wildman–Crippen LogP) is 3.78. The Morgan fingerprint density at radius 2 is 1.95 bits per heavy atom. The summed E-state index contributed by atoms with van der Waals surface area (Å²) in [5.41, 5.74) is 1.02. The van der Waals surface area contributed by atoms with Gasteiger partial charge >= 0.3 is 0 Å². The lowest BCUT2D eigenvalue weighted by molar-refractivity contribution is 0.282. The molecule has 0 spiro atoms. The highest BCUT2D eigenvalue weighted by Gasteiger charge is 2.34. The average molecular weight is 434 g/mol. The van der Waals surface area contributed by atoms with Gasteiger partial charge in [0.05, 0.1) is 10.9 Å². The number of sulfonamides is 1. The van der Waals surface area contributed by atoms with E-state index >= 15 is 0 Å². The molecule has 7 heteroatoms. The fourth-order valence-electron chi connectivity index (χ4n) is 2.69. The SMILES string of the molecule is CC1c2cccn2CCN1S(=O)(=O)c1cc(Br)ccc1Br. The Balaban J connectivity index is 2.05. The molecule has 2 heterocycles. The highest BCUT2D eigenvalue weighted by Crippen LogP contribution is 2.34. The predicted molar refractivity (Wildman–Crippen MR) is 88.6 cm³/mol. The molecule has 0 fully saturated rings. The molecule has 1 atom stereocenters. The monoisotopic (exact) mass is 432 g/mol. The molecular weight excluding hydrogens is 420 g/mol. The number of rotatable bonds is 2. The van der Waals surface area contributed by atoms with Crippen LogP contribution in [-0.4, -0.2) is 23.8 Å². The Bertz CT molecular complexity index is 786. The van der Waals surface area contributed by atoms with Crippen LogP contribution in [0.5, 0.6) is 0 Å². The maximum atomic E-state index is 13.0. The molecule has 1 unspecified atom stereocenters. The van der Waals surface area contributed by atoms with Crippen molar-refractivity contribution in [3.63, 3.8) is 0 Å². The van der Waals surface area contributed by atoms with Crippen LogP contribution in [0.4, 0.5) is 0 Å². The number of fused-ring (bicyclic) bond motifs is 1. The van der Waals surface area contributed by atoms with E-state index in [1.165, 1.54) is 0 Å². The summed E-state index contributed by atoms with van der Waals surface area (Å²) in [6.45, 7) is 3.08. The Morgan fingerprint density at radius 1 is 1.19 bits per heavy atom. The van der Waals surface area contributed by atoms with Gasteiger partial charge in [-0.25, -0.2) is 8.42 Å². The number of nitrogens with zero attached hydrogens (tertiary/aromatic N) is 2. The molecule has 0 amide bonds. The fourth-order valence-corrected chi connectivity index (χ4v) is 5.75. The molecule has 1 aliphatic rings. The highest BCUT2D eigenvalue weighted by molar-refractivity contribution is 9.11. The van der Waals surface area contributed by atoms with Gasteiger partial charge < -0.3 is 4.57 Å². The summed E-state index contributed by atoms with van der Waals surface area (Å²) in [6, 6.07) is 8.95. The first-order chi connectivity index (χ1) is 9.91. The zero-order valence-electron chi connectivity index (χ0n) is 11.3.